The van der Waals surface area contributed by atoms with Crippen molar-refractivity contribution in [1.82, 2.24) is 0 Å². The van der Waals surface area contributed by atoms with Crippen molar-refractivity contribution < 1.29 is 4.42 Å². The fourth-order valence-electron chi connectivity index (χ4n) is 1.13. The molecule has 2 rings (SSSR count). The normalized spacial score (nSPS) is 20.2. The molecule has 1 fully saturated rings. The van der Waals surface area contributed by atoms with Gasteiger partial charge >= 0.3 is 0 Å². The second-order valence-electron chi connectivity index (χ2n) is 3.24. The Hall–Kier alpha value is -0.280. The van der Waals surface area contributed by atoms with Gasteiger partial charge in [-0.3, -0.25) is 0 Å². The molecular weight excluding hydrogens is 206 g/mol. The highest BCUT2D eigenvalue weighted by Gasteiger charge is 2.38. The third-order valence-corrected chi connectivity index (χ3v) is 2.47. The van der Waals surface area contributed by atoms with Gasteiger partial charge < -0.3 is 10.2 Å². The molecule has 0 spiro atoms. The Labute approximate surface area is 73.9 Å². The van der Waals surface area contributed by atoms with Crippen LogP contribution in [0.5, 0.6) is 0 Å². The van der Waals surface area contributed by atoms with E-state index in [4.69, 9.17) is 10.2 Å². The topological polar surface area (TPSA) is 39.2 Å². The lowest BCUT2D eigenvalue weighted by molar-refractivity contribution is 0.462. The maximum absolute atomic E-state index is 5.91. The molecule has 2 N–H and O–H groups in total. The van der Waals surface area contributed by atoms with Gasteiger partial charge in [0.2, 0.25) is 0 Å². The van der Waals surface area contributed by atoms with Gasteiger partial charge in [-0.25, -0.2) is 0 Å². The van der Waals surface area contributed by atoms with Crippen molar-refractivity contribution in [3.8, 4) is 0 Å². The van der Waals surface area contributed by atoms with Gasteiger partial charge in [-0.1, -0.05) is 0 Å². The predicted molar refractivity (Wildman–Crippen MR) is 46.3 cm³/mol. The molecule has 0 aliphatic heterocycles. The molecule has 1 aliphatic rings. The van der Waals surface area contributed by atoms with Crippen molar-refractivity contribution in [2.45, 2.75) is 24.8 Å². The van der Waals surface area contributed by atoms with Gasteiger partial charge in [0.25, 0.3) is 0 Å². The van der Waals surface area contributed by atoms with Crippen molar-refractivity contribution in [1.29, 1.82) is 0 Å². The summed E-state index contributed by atoms with van der Waals surface area (Å²) < 4.78 is 6.12. The van der Waals surface area contributed by atoms with Crippen molar-refractivity contribution in [2.75, 3.05) is 0 Å². The standard InChI is InChI=1S/C8H10BrNO/c9-7-2-1-6(11-7)5-8(10)3-4-8/h1-2H,3-5,10H2. The lowest BCUT2D eigenvalue weighted by atomic mass is 10.1. The van der Waals surface area contributed by atoms with E-state index in [2.05, 4.69) is 15.9 Å². The van der Waals surface area contributed by atoms with Crippen molar-refractivity contribution >= 4 is 15.9 Å². The molecule has 1 aromatic heterocycles. The summed E-state index contributed by atoms with van der Waals surface area (Å²) in [6.45, 7) is 0. The average molecular weight is 216 g/mol. The minimum absolute atomic E-state index is 0.0529. The van der Waals surface area contributed by atoms with Crippen LogP contribution in [0.15, 0.2) is 21.2 Å². The zero-order valence-corrected chi connectivity index (χ0v) is 7.73. The number of hydrogen-bond acceptors (Lipinski definition) is 2. The molecule has 0 amide bonds. The van der Waals surface area contributed by atoms with Gasteiger partial charge in [-0.05, 0) is 40.9 Å². The summed E-state index contributed by atoms with van der Waals surface area (Å²) >= 11 is 3.25. The summed E-state index contributed by atoms with van der Waals surface area (Å²) in [5.74, 6) is 0.983. The number of hydrogen-bond donors (Lipinski definition) is 1. The molecule has 1 aromatic rings. The van der Waals surface area contributed by atoms with Crippen LogP contribution in [-0.4, -0.2) is 5.54 Å². The van der Waals surface area contributed by atoms with Crippen LogP contribution in [-0.2, 0) is 6.42 Å². The van der Waals surface area contributed by atoms with E-state index in [0.717, 1.165) is 29.7 Å². The molecule has 2 nitrogen and oxygen atoms in total. The predicted octanol–water partition coefficient (Wildman–Crippen LogP) is 2.08. The van der Waals surface area contributed by atoms with E-state index in [9.17, 15) is 0 Å². The van der Waals surface area contributed by atoms with Crippen LogP contribution >= 0.6 is 15.9 Å². The largest absolute Gasteiger partial charge is 0.454 e. The van der Waals surface area contributed by atoms with Gasteiger partial charge in [-0.15, -0.1) is 0 Å². The zero-order chi connectivity index (χ0) is 7.90. The van der Waals surface area contributed by atoms with Crippen LogP contribution in [0.25, 0.3) is 0 Å². The summed E-state index contributed by atoms with van der Waals surface area (Å²) in [7, 11) is 0. The van der Waals surface area contributed by atoms with E-state index in [1.54, 1.807) is 0 Å². The molecule has 3 heteroatoms. The van der Waals surface area contributed by atoms with Crippen LogP contribution < -0.4 is 5.73 Å². The summed E-state index contributed by atoms with van der Waals surface area (Å²) in [6.07, 6.45) is 3.13. The maximum atomic E-state index is 5.91. The number of furan rings is 1. The first kappa shape index (κ1) is 7.37. The number of nitrogens with two attached hydrogens (primary N) is 1. The molecule has 0 radical (unpaired) electrons. The van der Waals surface area contributed by atoms with Gasteiger partial charge in [0.15, 0.2) is 4.67 Å². The second kappa shape index (κ2) is 2.35. The lowest BCUT2D eigenvalue weighted by Crippen LogP contribution is -2.24. The molecule has 1 heterocycles. The molecular formula is C8H10BrNO. The van der Waals surface area contributed by atoms with Gasteiger partial charge in [0, 0.05) is 12.0 Å². The molecule has 60 valence electrons. The van der Waals surface area contributed by atoms with Crippen LogP contribution in [0.3, 0.4) is 0 Å². The molecule has 11 heavy (non-hydrogen) atoms. The van der Waals surface area contributed by atoms with E-state index in [1.807, 2.05) is 12.1 Å². The third kappa shape index (κ3) is 1.65. The highest BCUT2D eigenvalue weighted by Crippen LogP contribution is 2.36. The highest BCUT2D eigenvalue weighted by atomic mass is 79.9. The van der Waals surface area contributed by atoms with E-state index in [1.165, 1.54) is 0 Å². The first-order chi connectivity index (χ1) is 5.18. The van der Waals surface area contributed by atoms with E-state index in [-0.39, 0.29) is 5.54 Å². The van der Waals surface area contributed by atoms with Crippen molar-refractivity contribution in [3.05, 3.63) is 22.6 Å². The second-order valence-corrected chi connectivity index (χ2v) is 4.03. The van der Waals surface area contributed by atoms with Crippen LogP contribution in [0, 0.1) is 0 Å². The molecule has 1 saturated carbocycles. The number of halogens is 1. The minimum Gasteiger partial charge on any atom is -0.454 e. The third-order valence-electron chi connectivity index (χ3n) is 2.05. The SMILES string of the molecule is NC1(Cc2ccc(Br)o2)CC1. The van der Waals surface area contributed by atoms with Crippen LogP contribution in [0.1, 0.15) is 18.6 Å². The van der Waals surface area contributed by atoms with Gasteiger partial charge in [0.05, 0.1) is 0 Å². The first-order valence-electron chi connectivity index (χ1n) is 3.71. The Morgan fingerprint density at radius 2 is 2.27 bits per heavy atom. The average Bonchev–Trinajstić information content (AvgIpc) is 2.49. The summed E-state index contributed by atoms with van der Waals surface area (Å²) in [5, 5.41) is 0. The smallest absolute Gasteiger partial charge is 0.169 e. The van der Waals surface area contributed by atoms with Crippen molar-refractivity contribution in [3.63, 3.8) is 0 Å². The number of rotatable bonds is 2. The summed E-state index contributed by atoms with van der Waals surface area (Å²) in [5.41, 5.74) is 5.97. The Morgan fingerprint density at radius 3 is 2.73 bits per heavy atom. The van der Waals surface area contributed by atoms with E-state index >= 15 is 0 Å². The fraction of sp³-hybridized carbons (Fsp3) is 0.500. The summed E-state index contributed by atoms with van der Waals surface area (Å²) in [6, 6.07) is 3.87. The quantitative estimate of drug-likeness (QED) is 0.821. The lowest BCUT2D eigenvalue weighted by Gasteiger charge is -2.03. The van der Waals surface area contributed by atoms with E-state index < -0.39 is 0 Å². The fourth-order valence-corrected chi connectivity index (χ4v) is 1.47. The Morgan fingerprint density at radius 1 is 1.55 bits per heavy atom. The van der Waals surface area contributed by atoms with Gasteiger partial charge in [0.1, 0.15) is 5.76 Å². The maximum Gasteiger partial charge on any atom is 0.169 e. The summed E-state index contributed by atoms with van der Waals surface area (Å²) in [4.78, 5) is 0. The Bertz CT molecular complexity index is 265. The minimum atomic E-state index is 0.0529. The molecule has 0 bridgehead atoms. The Balaban J connectivity index is 2.06. The van der Waals surface area contributed by atoms with Gasteiger partial charge in [-0.2, -0.15) is 0 Å². The Kier molecular flexibility index (Phi) is 1.58. The van der Waals surface area contributed by atoms with E-state index in [0.29, 0.717) is 0 Å². The molecule has 1 aliphatic carbocycles. The highest BCUT2D eigenvalue weighted by molar-refractivity contribution is 9.10. The molecule has 0 aromatic carbocycles. The van der Waals surface area contributed by atoms with Crippen LogP contribution in [0.2, 0.25) is 0 Å². The molecule has 0 atom stereocenters. The molecule has 0 unspecified atom stereocenters. The van der Waals surface area contributed by atoms with Crippen LogP contribution in [0.4, 0.5) is 0 Å². The molecule has 0 saturated heterocycles. The van der Waals surface area contributed by atoms with Crippen molar-refractivity contribution in [2.24, 2.45) is 5.73 Å². The first-order valence-corrected chi connectivity index (χ1v) is 4.50. The zero-order valence-electron chi connectivity index (χ0n) is 6.14. The monoisotopic (exact) mass is 215 g/mol.